The molecule has 1 fully saturated rings. The highest BCUT2D eigenvalue weighted by Crippen LogP contribution is 2.24. The molecule has 0 saturated carbocycles. The first-order valence-electron chi connectivity index (χ1n) is 6.64. The van der Waals surface area contributed by atoms with Gasteiger partial charge in [-0.25, -0.2) is 0 Å². The van der Waals surface area contributed by atoms with Crippen LogP contribution in [0.15, 0.2) is 21.9 Å². The van der Waals surface area contributed by atoms with Crippen LogP contribution >= 0.6 is 11.3 Å². The SMILES string of the molecule is NCC1CCCN(Cc2nnc(-c3cccs3)o2)C1. The summed E-state index contributed by atoms with van der Waals surface area (Å²) in [5, 5.41) is 10.2. The van der Waals surface area contributed by atoms with Crippen molar-refractivity contribution in [3.8, 4) is 10.8 Å². The van der Waals surface area contributed by atoms with Crippen molar-refractivity contribution in [2.45, 2.75) is 19.4 Å². The second-order valence-corrected chi connectivity index (χ2v) is 5.91. The lowest BCUT2D eigenvalue weighted by atomic mass is 9.98. The molecular formula is C13H18N4OS. The zero-order valence-electron chi connectivity index (χ0n) is 10.8. The van der Waals surface area contributed by atoms with Crippen molar-refractivity contribution in [3.63, 3.8) is 0 Å². The summed E-state index contributed by atoms with van der Waals surface area (Å²) in [4.78, 5) is 3.38. The van der Waals surface area contributed by atoms with Gasteiger partial charge in [0.25, 0.3) is 5.89 Å². The standard InChI is InChI=1S/C13H18N4OS/c14-7-10-3-1-5-17(8-10)9-12-15-16-13(18-12)11-4-2-6-19-11/h2,4,6,10H,1,3,5,7-9,14H2. The molecule has 19 heavy (non-hydrogen) atoms. The van der Waals surface area contributed by atoms with Crippen molar-refractivity contribution in [1.82, 2.24) is 15.1 Å². The molecule has 1 aliphatic rings. The van der Waals surface area contributed by atoms with Crippen LogP contribution in [0.25, 0.3) is 10.8 Å². The number of rotatable bonds is 4. The van der Waals surface area contributed by atoms with Crippen LogP contribution in [0, 0.1) is 5.92 Å². The van der Waals surface area contributed by atoms with E-state index in [4.69, 9.17) is 10.2 Å². The summed E-state index contributed by atoms with van der Waals surface area (Å²) in [5.41, 5.74) is 5.75. The van der Waals surface area contributed by atoms with Crippen molar-refractivity contribution in [1.29, 1.82) is 0 Å². The predicted octanol–water partition coefficient (Wildman–Crippen LogP) is 1.97. The number of thiophene rings is 1. The molecule has 0 radical (unpaired) electrons. The highest BCUT2D eigenvalue weighted by molar-refractivity contribution is 7.13. The highest BCUT2D eigenvalue weighted by Gasteiger charge is 2.20. The van der Waals surface area contributed by atoms with Crippen LogP contribution in [0.5, 0.6) is 0 Å². The second kappa shape index (κ2) is 5.81. The fraction of sp³-hybridized carbons (Fsp3) is 0.538. The first-order chi connectivity index (χ1) is 9.35. The van der Waals surface area contributed by atoms with E-state index in [9.17, 15) is 0 Å². The zero-order chi connectivity index (χ0) is 13.1. The van der Waals surface area contributed by atoms with Crippen LogP contribution in [0.3, 0.4) is 0 Å². The predicted molar refractivity (Wildman–Crippen MR) is 74.7 cm³/mol. The Bertz CT molecular complexity index is 510. The van der Waals surface area contributed by atoms with Gasteiger partial charge in [-0.15, -0.1) is 21.5 Å². The summed E-state index contributed by atoms with van der Waals surface area (Å²) in [5.74, 6) is 1.92. The third-order valence-corrected chi connectivity index (χ3v) is 4.35. The minimum atomic E-state index is 0.605. The van der Waals surface area contributed by atoms with Gasteiger partial charge in [0.1, 0.15) is 0 Å². The van der Waals surface area contributed by atoms with Crippen LogP contribution in [0.4, 0.5) is 0 Å². The quantitative estimate of drug-likeness (QED) is 0.926. The monoisotopic (exact) mass is 278 g/mol. The number of hydrogen-bond acceptors (Lipinski definition) is 6. The van der Waals surface area contributed by atoms with Crippen molar-refractivity contribution in [3.05, 3.63) is 23.4 Å². The molecule has 1 unspecified atom stereocenters. The van der Waals surface area contributed by atoms with Crippen molar-refractivity contribution in [2.24, 2.45) is 11.7 Å². The molecule has 2 N–H and O–H groups in total. The van der Waals surface area contributed by atoms with E-state index >= 15 is 0 Å². The van der Waals surface area contributed by atoms with Gasteiger partial charge in [-0.2, -0.15) is 0 Å². The first kappa shape index (κ1) is 12.8. The van der Waals surface area contributed by atoms with Gasteiger partial charge in [0.15, 0.2) is 0 Å². The molecule has 3 rings (SSSR count). The smallest absolute Gasteiger partial charge is 0.257 e. The normalized spacial score (nSPS) is 20.8. The summed E-state index contributed by atoms with van der Waals surface area (Å²) in [6.07, 6.45) is 2.44. The van der Waals surface area contributed by atoms with E-state index in [0.717, 1.165) is 31.1 Å². The molecule has 0 spiro atoms. The Labute approximate surface area is 116 Å². The molecule has 0 amide bonds. The summed E-state index contributed by atoms with van der Waals surface area (Å²) in [7, 11) is 0. The maximum atomic E-state index is 5.75. The van der Waals surface area contributed by atoms with Gasteiger partial charge in [0.2, 0.25) is 5.89 Å². The second-order valence-electron chi connectivity index (χ2n) is 4.96. The molecular weight excluding hydrogens is 260 g/mol. The first-order valence-corrected chi connectivity index (χ1v) is 7.52. The molecule has 102 valence electrons. The third-order valence-electron chi connectivity index (χ3n) is 3.49. The number of piperidine rings is 1. The van der Waals surface area contributed by atoms with Gasteiger partial charge in [0, 0.05) is 6.54 Å². The number of nitrogens with two attached hydrogens (primary N) is 1. The lowest BCUT2D eigenvalue weighted by Crippen LogP contribution is -2.37. The maximum Gasteiger partial charge on any atom is 0.257 e. The van der Waals surface area contributed by atoms with Gasteiger partial charge in [0.05, 0.1) is 11.4 Å². The summed E-state index contributed by atoms with van der Waals surface area (Å²) >= 11 is 1.61. The number of hydrogen-bond donors (Lipinski definition) is 1. The van der Waals surface area contributed by atoms with Crippen LogP contribution in [-0.2, 0) is 6.54 Å². The van der Waals surface area contributed by atoms with Crippen LogP contribution < -0.4 is 5.73 Å². The fourth-order valence-corrected chi connectivity index (χ4v) is 3.14. The Morgan fingerprint density at radius 2 is 2.42 bits per heavy atom. The largest absolute Gasteiger partial charge is 0.419 e. The Balaban J connectivity index is 1.64. The average Bonchev–Trinajstić information content (AvgIpc) is 3.09. The topological polar surface area (TPSA) is 68.2 Å². The lowest BCUT2D eigenvalue weighted by Gasteiger charge is -2.30. The summed E-state index contributed by atoms with van der Waals surface area (Å²) in [6, 6.07) is 3.98. The van der Waals surface area contributed by atoms with Crippen molar-refractivity contribution < 1.29 is 4.42 Å². The summed E-state index contributed by atoms with van der Waals surface area (Å²) in [6.45, 7) is 3.62. The van der Waals surface area contributed by atoms with Gasteiger partial charge < -0.3 is 10.2 Å². The molecule has 2 aromatic rings. The Hall–Kier alpha value is -1.24. The van der Waals surface area contributed by atoms with Crippen LogP contribution in [0.2, 0.25) is 0 Å². The van der Waals surface area contributed by atoms with Gasteiger partial charge in [-0.1, -0.05) is 6.07 Å². The van der Waals surface area contributed by atoms with E-state index in [1.807, 2.05) is 17.5 Å². The molecule has 1 atom stereocenters. The van der Waals surface area contributed by atoms with Gasteiger partial charge >= 0.3 is 0 Å². The van der Waals surface area contributed by atoms with Crippen molar-refractivity contribution in [2.75, 3.05) is 19.6 Å². The molecule has 0 aliphatic carbocycles. The van der Waals surface area contributed by atoms with Crippen LogP contribution in [0.1, 0.15) is 18.7 Å². The van der Waals surface area contributed by atoms with E-state index in [2.05, 4.69) is 15.1 Å². The molecule has 3 heterocycles. The minimum Gasteiger partial charge on any atom is -0.419 e. The van der Waals surface area contributed by atoms with E-state index < -0.39 is 0 Å². The minimum absolute atomic E-state index is 0.605. The molecule has 0 bridgehead atoms. The fourth-order valence-electron chi connectivity index (χ4n) is 2.50. The lowest BCUT2D eigenvalue weighted by molar-refractivity contribution is 0.158. The van der Waals surface area contributed by atoms with E-state index in [-0.39, 0.29) is 0 Å². The van der Waals surface area contributed by atoms with Crippen LogP contribution in [-0.4, -0.2) is 34.7 Å². The Morgan fingerprint density at radius 3 is 3.21 bits per heavy atom. The molecule has 2 aromatic heterocycles. The van der Waals surface area contributed by atoms with E-state index in [0.29, 0.717) is 17.7 Å². The number of aromatic nitrogens is 2. The molecule has 6 heteroatoms. The molecule has 1 saturated heterocycles. The van der Waals surface area contributed by atoms with E-state index in [1.54, 1.807) is 11.3 Å². The molecule has 0 aromatic carbocycles. The Kier molecular flexibility index (Phi) is 3.91. The highest BCUT2D eigenvalue weighted by atomic mass is 32.1. The zero-order valence-corrected chi connectivity index (χ0v) is 11.6. The average molecular weight is 278 g/mol. The van der Waals surface area contributed by atoms with E-state index in [1.165, 1.54) is 12.8 Å². The number of nitrogens with zero attached hydrogens (tertiary/aromatic N) is 3. The maximum absolute atomic E-state index is 5.75. The molecule has 5 nitrogen and oxygen atoms in total. The van der Waals surface area contributed by atoms with Gasteiger partial charge in [-0.3, -0.25) is 4.90 Å². The van der Waals surface area contributed by atoms with Crippen molar-refractivity contribution >= 4 is 11.3 Å². The third kappa shape index (κ3) is 3.02. The van der Waals surface area contributed by atoms with Gasteiger partial charge in [-0.05, 0) is 43.3 Å². The number of likely N-dealkylation sites (tertiary alicyclic amines) is 1. The summed E-state index contributed by atoms with van der Waals surface area (Å²) < 4.78 is 5.71. The Morgan fingerprint density at radius 1 is 1.47 bits per heavy atom. The molecule has 1 aliphatic heterocycles.